The largest absolute Gasteiger partial charge is 0.493 e. The summed E-state index contributed by atoms with van der Waals surface area (Å²) >= 11 is 2.06. The average Bonchev–Trinajstić information content (AvgIpc) is 3.08. The van der Waals surface area contributed by atoms with Crippen LogP contribution in [0.5, 0.6) is 11.5 Å². The van der Waals surface area contributed by atoms with Crippen molar-refractivity contribution >= 4 is 34.4 Å². The minimum absolute atomic E-state index is 0.0457. The number of carbonyl (C=O) groups is 2. The first-order valence-corrected chi connectivity index (χ1v) is 18.3. The van der Waals surface area contributed by atoms with E-state index in [0.717, 1.165) is 19.3 Å². The van der Waals surface area contributed by atoms with Crippen LogP contribution in [0.25, 0.3) is 0 Å². The van der Waals surface area contributed by atoms with Crippen molar-refractivity contribution in [2.24, 2.45) is 0 Å². The number of aliphatic hydroxyl groups is 3. The molecule has 0 unspecified atom stereocenters. The Labute approximate surface area is 298 Å². The highest BCUT2D eigenvalue weighted by Gasteiger charge is 2.40. The van der Waals surface area contributed by atoms with E-state index in [9.17, 15) is 29.3 Å². The highest BCUT2D eigenvalue weighted by molar-refractivity contribution is 14.1. The molecule has 0 spiro atoms. The summed E-state index contributed by atoms with van der Waals surface area (Å²) in [5.74, 6) is -0.257. The smallest absolute Gasteiger partial charge is 0.247 e. The molecule has 11 heteroatoms. The van der Waals surface area contributed by atoms with Gasteiger partial charge >= 0.3 is 0 Å². The molecule has 48 heavy (non-hydrogen) atoms. The highest BCUT2D eigenvalue weighted by Crippen LogP contribution is 2.37. The first-order chi connectivity index (χ1) is 23.2. The second-order valence-electron chi connectivity index (χ2n) is 12.3. The normalized spacial score (nSPS) is 17.5. The zero-order valence-corrected chi connectivity index (χ0v) is 30.4. The lowest BCUT2D eigenvalue weighted by molar-refractivity contribution is -0.138. The van der Waals surface area contributed by atoms with E-state index in [1.165, 1.54) is 51.3 Å². The third kappa shape index (κ3) is 12.3. The monoisotopic (exact) mass is 782 g/mol. The van der Waals surface area contributed by atoms with Crippen molar-refractivity contribution in [2.75, 3.05) is 26.8 Å². The molecule has 0 fully saturated rings. The van der Waals surface area contributed by atoms with Crippen molar-refractivity contribution < 1.29 is 38.8 Å². The summed E-state index contributed by atoms with van der Waals surface area (Å²) in [5, 5.41) is 33.5. The Morgan fingerprint density at radius 3 is 2.38 bits per heavy atom. The van der Waals surface area contributed by atoms with E-state index in [4.69, 9.17) is 9.47 Å². The molecule has 0 saturated heterocycles. The molecule has 2 aromatic carbocycles. The molecule has 1 aliphatic carbocycles. The van der Waals surface area contributed by atoms with Gasteiger partial charge in [0.25, 0.3) is 0 Å². The molecule has 0 bridgehead atoms. The number of halogens is 2. The molecule has 0 aliphatic heterocycles. The van der Waals surface area contributed by atoms with E-state index >= 15 is 0 Å². The van der Waals surface area contributed by atoms with Crippen molar-refractivity contribution in [1.29, 1.82) is 0 Å². The van der Waals surface area contributed by atoms with Gasteiger partial charge in [-0.3, -0.25) is 9.59 Å². The molecular formula is C37H52FIN2O7. The summed E-state index contributed by atoms with van der Waals surface area (Å²) in [4.78, 5) is 28.8. The van der Waals surface area contributed by atoms with Crippen molar-refractivity contribution in [3.05, 3.63) is 68.6 Å². The third-order valence-corrected chi connectivity index (χ3v) is 9.49. The van der Waals surface area contributed by atoms with Gasteiger partial charge < -0.3 is 35.0 Å². The number of rotatable bonds is 21. The lowest BCUT2D eigenvalue weighted by atomic mass is 9.87. The van der Waals surface area contributed by atoms with Gasteiger partial charge in [-0.25, -0.2) is 4.39 Å². The predicted molar refractivity (Wildman–Crippen MR) is 192 cm³/mol. The van der Waals surface area contributed by atoms with Crippen LogP contribution < -0.4 is 14.8 Å². The number of unbranched alkanes of at least 4 members (excludes halogenated alkanes) is 8. The molecule has 9 nitrogen and oxygen atoms in total. The van der Waals surface area contributed by atoms with Gasteiger partial charge in [-0.05, 0) is 76.9 Å². The number of hydrogen-bond acceptors (Lipinski definition) is 7. The summed E-state index contributed by atoms with van der Waals surface area (Å²) < 4.78 is 26.5. The maximum absolute atomic E-state index is 14.0. The van der Waals surface area contributed by atoms with Crippen molar-refractivity contribution in [2.45, 2.75) is 109 Å². The summed E-state index contributed by atoms with van der Waals surface area (Å²) in [6, 6.07) is 8.80. The van der Waals surface area contributed by atoms with E-state index in [1.54, 1.807) is 35.2 Å². The number of nitrogens with zero attached hydrogens (tertiary/aromatic N) is 1. The highest BCUT2D eigenvalue weighted by atomic mass is 127. The molecule has 2 amide bonds. The van der Waals surface area contributed by atoms with Gasteiger partial charge in [0.2, 0.25) is 11.8 Å². The number of hydrogen-bond donors (Lipinski definition) is 4. The summed E-state index contributed by atoms with van der Waals surface area (Å²) in [7, 11) is 1.47. The lowest BCUT2D eigenvalue weighted by Crippen LogP contribution is -2.55. The average molecular weight is 783 g/mol. The van der Waals surface area contributed by atoms with Gasteiger partial charge in [0.15, 0.2) is 11.5 Å². The fraction of sp³-hybridized carbons (Fsp3) is 0.568. The van der Waals surface area contributed by atoms with E-state index in [-0.39, 0.29) is 50.9 Å². The molecule has 266 valence electrons. The van der Waals surface area contributed by atoms with Crippen molar-refractivity contribution in [1.82, 2.24) is 10.2 Å². The molecule has 3 atom stereocenters. The summed E-state index contributed by atoms with van der Waals surface area (Å²) in [6.45, 7) is 2.03. The van der Waals surface area contributed by atoms with E-state index in [2.05, 4.69) is 34.8 Å². The molecule has 0 saturated carbocycles. The number of amides is 2. The fourth-order valence-corrected chi connectivity index (χ4v) is 6.84. The van der Waals surface area contributed by atoms with Gasteiger partial charge in [-0.1, -0.05) is 70.4 Å². The second-order valence-corrected chi connectivity index (χ2v) is 13.5. The first-order valence-electron chi connectivity index (χ1n) is 17.2. The first kappa shape index (κ1) is 39.7. The van der Waals surface area contributed by atoms with E-state index < -0.39 is 24.2 Å². The van der Waals surface area contributed by atoms with Crippen LogP contribution in [0.1, 0.15) is 88.7 Å². The molecular weight excluding hydrogens is 730 g/mol. The Morgan fingerprint density at radius 2 is 1.73 bits per heavy atom. The van der Waals surface area contributed by atoms with Gasteiger partial charge in [-0.2, -0.15) is 0 Å². The van der Waals surface area contributed by atoms with Gasteiger partial charge in [0, 0.05) is 31.5 Å². The maximum atomic E-state index is 14.0. The van der Waals surface area contributed by atoms with Crippen LogP contribution in [0.3, 0.4) is 0 Å². The summed E-state index contributed by atoms with van der Waals surface area (Å²) in [6.07, 6.45) is 10.0. The van der Waals surface area contributed by atoms with Crippen molar-refractivity contribution in [3.8, 4) is 11.5 Å². The quantitative estimate of drug-likeness (QED) is 0.0927. The van der Waals surface area contributed by atoms with E-state index in [1.807, 2.05) is 0 Å². The second kappa shape index (κ2) is 21.4. The number of carbonyl (C=O) groups excluding carboxylic acids is 2. The Kier molecular flexibility index (Phi) is 17.7. The predicted octanol–water partition coefficient (Wildman–Crippen LogP) is 5.84. The number of ether oxygens (including phenoxy) is 2. The SMILES string of the molecule is CCCCCCCCCCCC(=O)N(CCc1cccc(F)c1)[C@@H]1CC(C(=O)NCCO)=C[C@H](Oc2c(I)cc(CO)cc2OC)[C@H]1O. The Hall–Kier alpha value is -2.74. The summed E-state index contributed by atoms with van der Waals surface area (Å²) in [5.41, 5.74) is 1.65. The van der Waals surface area contributed by atoms with Crippen LogP contribution in [0.15, 0.2) is 48.0 Å². The number of methoxy groups -OCH3 is 1. The molecule has 0 heterocycles. The zero-order valence-electron chi connectivity index (χ0n) is 28.3. The standard InChI is InChI=1S/C37H52FIN2O7/c1-3-4-5-6-7-8-9-10-11-15-34(44)41(18-16-26-13-12-14-29(38)20-26)31-23-28(37(46)40-17-19-42)24-32(35(31)45)48-36-30(39)21-27(25-43)22-33(36)47-2/h12-14,20-22,24,31-32,35,42-43,45H,3-11,15-19,23,25H2,1-2H3,(H,40,46)/t31-,32+,35+/m1/s1. The molecule has 1 aliphatic rings. The fourth-order valence-electron chi connectivity index (χ4n) is 6.04. The Balaban J connectivity index is 1.86. The maximum Gasteiger partial charge on any atom is 0.247 e. The topological polar surface area (TPSA) is 129 Å². The molecule has 0 aromatic heterocycles. The number of benzene rings is 2. The molecule has 0 radical (unpaired) electrons. The minimum Gasteiger partial charge on any atom is -0.493 e. The van der Waals surface area contributed by atoms with E-state index in [0.29, 0.717) is 44.6 Å². The third-order valence-electron chi connectivity index (χ3n) is 8.69. The van der Waals surface area contributed by atoms with Crippen LogP contribution in [-0.2, 0) is 22.6 Å². The van der Waals surface area contributed by atoms with Crippen molar-refractivity contribution in [3.63, 3.8) is 0 Å². The lowest BCUT2D eigenvalue weighted by Gasteiger charge is -2.41. The number of nitrogens with one attached hydrogen (secondary N) is 1. The Morgan fingerprint density at radius 1 is 1.02 bits per heavy atom. The van der Waals surface area contributed by atoms with Crippen LogP contribution in [0, 0.1) is 9.39 Å². The van der Waals surface area contributed by atoms with Crippen LogP contribution in [-0.4, -0.2) is 77.1 Å². The van der Waals surface area contributed by atoms with Crippen LogP contribution >= 0.6 is 22.6 Å². The zero-order chi connectivity index (χ0) is 34.9. The van der Waals surface area contributed by atoms with Gasteiger partial charge in [-0.15, -0.1) is 0 Å². The Bertz CT molecular complexity index is 1340. The van der Waals surface area contributed by atoms with Gasteiger partial charge in [0.1, 0.15) is 18.0 Å². The number of aliphatic hydroxyl groups excluding tert-OH is 3. The molecule has 4 N–H and O–H groups in total. The van der Waals surface area contributed by atoms with Crippen LogP contribution in [0.2, 0.25) is 0 Å². The molecule has 3 rings (SSSR count). The van der Waals surface area contributed by atoms with Gasteiger partial charge in [0.05, 0.1) is 29.9 Å². The minimum atomic E-state index is -1.21. The molecule has 2 aromatic rings. The van der Waals surface area contributed by atoms with Crippen LogP contribution in [0.4, 0.5) is 4.39 Å².